The Bertz CT molecular complexity index is 1510. The molecular formula is C30H33N5O5. The molecule has 2 amide bonds. The lowest BCUT2D eigenvalue weighted by molar-refractivity contribution is -0.142. The van der Waals surface area contributed by atoms with Gasteiger partial charge in [0.25, 0.3) is 0 Å². The molecule has 0 fully saturated rings. The number of fused-ring (bicyclic) bond motifs is 2. The van der Waals surface area contributed by atoms with Crippen molar-refractivity contribution in [3.8, 4) is 17.2 Å². The third-order valence-electron chi connectivity index (χ3n) is 6.38. The van der Waals surface area contributed by atoms with E-state index in [1.165, 1.54) is 0 Å². The van der Waals surface area contributed by atoms with Crippen LogP contribution in [0.3, 0.4) is 0 Å². The third kappa shape index (κ3) is 6.01. The largest absolute Gasteiger partial charge is 0.494 e. The Kier molecular flexibility index (Phi) is 7.59. The summed E-state index contributed by atoms with van der Waals surface area (Å²) in [5.74, 6) is 1.34. The van der Waals surface area contributed by atoms with Gasteiger partial charge in [0.15, 0.2) is 11.5 Å². The van der Waals surface area contributed by atoms with E-state index in [4.69, 9.17) is 14.2 Å². The van der Waals surface area contributed by atoms with Crippen molar-refractivity contribution < 1.29 is 23.8 Å². The normalized spacial score (nSPS) is 13.2. The lowest BCUT2D eigenvalue weighted by atomic mass is 10.0. The predicted octanol–water partition coefficient (Wildman–Crippen LogP) is 4.24. The van der Waals surface area contributed by atoms with Crippen LogP contribution < -0.4 is 19.5 Å². The van der Waals surface area contributed by atoms with Crippen LogP contribution in [0.4, 0.5) is 0 Å². The van der Waals surface area contributed by atoms with E-state index in [1.54, 1.807) is 9.58 Å². The van der Waals surface area contributed by atoms with E-state index >= 15 is 0 Å². The van der Waals surface area contributed by atoms with Gasteiger partial charge in [0.1, 0.15) is 23.9 Å². The average Bonchev–Trinajstić information content (AvgIpc) is 3.55. The molecule has 5 rings (SSSR count). The molecule has 10 heteroatoms. The van der Waals surface area contributed by atoms with Crippen LogP contribution in [0, 0.1) is 0 Å². The van der Waals surface area contributed by atoms with E-state index in [-0.39, 0.29) is 31.7 Å². The van der Waals surface area contributed by atoms with Gasteiger partial charge in [-0.25, -0.2) is 4.68 Å². The molecule has 40 heavy (non-hydrogen) atoms. The Hall–Kier alpha value is -4.60. The van der Waals surface area contributed by atoms with Gasteiger partial charge in [0.2, 0.25) is 18.6 Å². The molecule has 1 aliphatic rings. The number of nitrogens with one attached hydrogen (secondary N) is 1. The Morgan fingerprint density at radius 3 is 2.55 bits per heavy atom. The van der Waals surface area contributed by atoms with Crippen molar-refractivity contribution in [1.82, 2.24) is 25.2 Å². The molecule has 3 aromatic carbocycles. The van der Waals surface area contributed by atoms with Crippen molar-refractivity contribution >= 4 is 22.8 Å². The first-order valence-electron chi connectivity index (χ1n) is 13.2. The lowest BCUT2D eigenvalue weighted by Crippen LogP contribution is -2.49. The molecule has 0 spiro atoms. The molecule has 0 aliphatic carbocycles. The number of benzene rings is 3. The maximum absolute atomic E-state index is 14.1. The summed E-state index contributed by atoms with van der Waals surface area (Å²) in [7, 11) is 0. The van der Waals surface area contributed by atoms with Crippen molar-refractivity contribution in [1.29, 1.82) is 0 Å². The van der Waals surface area contributed by atoms with Gasteiger partial charge in [-0.05, 0) is 75.2 Å². The summed E-state index contributed by atoms with van der Waals surface area (Å²) in [6, 6.07) is 19.3. The zero-order valence-corrected chi connectivity index (χ0v) is 23.1. The molecule has 0 radical (unpaired) electrons. The molecule has 0 saturated carbocycles. The summed E-state index contributed by atoms with van der Waals surface area (Å²) < 4.78 is 18.2. The summed E-state index contributed by atoms with van der Waals surface area (Å²) in [5, 5.41) is 11.5. The first-order valence-corrected chi connectivity index (χ1v) is 13.2. The van der Waals surface area contributed by atoms with E-state index in [9.17, 15) is 9.59 Å². The number of carbonyl (C=O) groups is 2. The van der Waals surface area contributed by atoms with Crippen molar-refractivity contribution in [2.24, 2.45) is 0 Å². The first kappa shape index (κ1) is 27.0. The minimum atomic E-state index is -0.928. The number of amides is 2. The molecular weight excluding hydrogens is 510 g/mol. The highest BCUT2D eigenvalue weighted by atomic mass is 16.7. The number of nitrogens with zero attached hydrogens (tertiary/aromatic N) is 4. The van der Waals surface area contributed by atoms with Crippen LogP contribution in [0.2, 0.25) is 0 Å². The van der Waals surface area contributed by atoms with Crippen molar-refractivity contribution in [2.45, 2.75) is 52.4 Å². The molecule has 1 aromatic heterocycles. The predicted molar refractivity (Wildman–Crippen MR) is 149 cm³/mol. The number of hydrogen-bond acceptors (Lipinski definition) is 7. The summed E-state index contributed by atoms with van der Waals surface area (Å²) in [4.78, 5) is 29.6. The van der Waals surface area contributed by atoms with Gasteiger partial charge in [-0.15, -0.1) is 5.10 Å². The summed E-state index contributed by atoms with van der Waals surface area (Å²) in [6.07, 6.45) is 0. The van der Waals surface area contributed by atoms with Gasteiger partial charge in [-0.1, -0.05) is 35.5 Å². The molecule has 0 saturated heterocycles. The number of carbonyl (C=O) groups excluding carboxylic acids is 2. The van der Waals surface area contributed by atoms with Crippen LogP contribution >= 0.6 is 0 Å². The molecule has 2 heterocycles. The van der Waals surface area contributed by atoms with Gasteiger partial charge < -0.3 is 24.4 Å². The topological polar surface area (TPSA) is 108 Å². The molecule has 1 N–H and O–H groups in total. The fraction of sp³-hybridized carbons (Fsp3) is 0.333. The Morgan fingerprint density at radius 2 is 1.80 bits per heavy atom. The van der Waals surface area contributed by atoms with E-state index in [0.29, 0.717) is 34.9 Å². The maximum atomic E-state index is 14.1. The number of para-hydroxylation sites is 1. The SMILES string of the molecule is CCOc1ccc([C@H](C(=O)NC(C)(C)C)N(Cc2ccc3c(c2)OCO3)C(=O)Cn2nnc3ccccc32)cc1. The van der Waals surface area contributed by atoms with Crippen LogP contribution in [0.5, 0.6) is 17.2 Å². The van der Waals surface area contributed by atoms with E-state index in [1.807, 2.05) is 94.4 Å². The van der Waals surface area contributed by atoms with Gasteiger partial charge in [-0.3, -0.25) is 9.59 Å². The Labute approximate surface area is 232 Å². The molecule has 1 atom stereocenters. The van der Waals surface area contributed by atoms with Gasteiger partial charge >= 0.3 is 0 Å². The second-order valence-corrected chi connectivity index (χ2v) is 10.6. The average molecular weight is 544 g/mol. The Morgan fingerprint density at radius 1 is 1.05 bits per heavy atom. The summed E-state index contributed by atoms with van der Waals surface area (Å²) in [5.41, 5.74) is 2.35. The van der Waals surface area contributed by atoms with Gasteiger partial charge in [0.05, 0.1) is 12.1 Å². The molecule has 1 aliphatic heterocycles. The minimum Gasteiger partial charge on any atom is -0.494 e. The second kappa shape index (κ2) is 11.3. The lowest BCUT2D eigenvalue weighted by Gasteiger charge is -2.34. The second-order valence-electron chi connectivity index (χ2n) is 10.6. The highest BCUT2D eigenvalue weighted by molar-refractivity contribution is 5.89. The third-order valence-corrected chi connectivity index (χ3v) is 6.38. The standard InChI is InChI=1S/C30H33N5O5/c1-5-38-22-13-11-21(12-14-22)28(29(37)31-30(2,3)4)34(17-20-10-15-25-26(16-20)40-19-39-25)27(36)18-35-24-9-7-6-8-23(24)32-33-35/h6-16,28H,5,17-19H2,1-4H3,(H,31,37)/t28-/m1/s1. The number of hydrogen-bond donors (Lipinski definition) is 1. The zero-order chi connectivity index (χ0) is 28.3. The smallest absolute Gasteiger partial charge is 0.247 e. The maximum Gasteiger partial charge on any atom is 0.247 e. The fourth-order valence-electron chi connectivity index (χ4n) is 4.64. The van der Waals surface area contributed by atoms with Crippen LogP contribution in [0.25, 0.3) is 11.0 Å². The number of rotatable bonds is 9. The molecule has 4 aromatic rings. The van der Waals surface area contributed by atoms with Crippen LogP contribution in [0.15, 0.2) is 66.7 Å². The molecule has 10 nitrogen and oxygen atoms in total. The van der Waals surface area contributed by atoms with Gasteiger partial charge in [-0.2, -0.15) is 0 Å². The highest BCUT2D eigenvalue weighted by Crippen LogP contribution is 2.34. The number of aromatic nitrogens is 3. The van der Waals surface area contributed by atoms with E-state index in [0.717, 1.165) is 11.1 Å². The summed E-state index contributed by atoms with van der Waals surface area (Å²) >= 11 is 0. The molecule has 0 bridgehead atoms. The zero-order valence-electron chi connectivity index (χ0n) is 23.1. The molecule has 208 valence electrons. The quantitative estimate of drug-likeness (QED) is 0.336. The van der Waals surface area contributed by atoms with Gasteiger partial charge in [0, 0.05) is 12.1 Å². The summed E-state index contributed by atoms with van der Waals surface area (Å²) in [6.45, 7) is 8.35. The fourth-order valence-corrected chi connectivity index (χ4v) is 4.64. The molecule has 0 unspecified atom stereocenters. The highest BCUT2D eigenvalue weighted by Gasteiger charge is 2.34. The van der Waals surface area contributed by atoms with Crippen LogP contribution in [0.1, 0.15) is 44.9 Å². The van der Waals surface area contributed by atoms with Crippen molar-refractivity contribution in [3.63, 3.8) is 0 Å². The number of ether oxygens (including phenoxy) is 3. The van der Waals surface area contributed by atoms with E-state index < -0.39 is 11.6 Å². The minimum absolute atomic E-state index is 0.0958. The van der Waals surface area contributed by atoms with Crippen molar-refractivity contribution in [3.05, 3.63) is 77.9 Å². The van der Waals surface area contributed by atoms with E-state index in [2.05, 4.69) is 15.6 Å². The first-order chi connectivity index (χ1) is 19.2. The monoisotopic (exact) mass is 543 g/mol. The van der Waals surface area contributed by atoms with Crippen LogP contribution in [-0.4, -0.2) is 50.6 Å². The Balaban J connectivity index is 1.55. The van der Waals surface area contributed by atoms with Crippen molar-refractivity contribution in [2.75, 3.05) is 13.4 Å². The van der Waals surface area contributed by atoms with Crippen LogP contribution in [-0.2, 0) is 22.7 Å².